The third kappa shape index (κ3) is 1.65. The molecule has 1 rings (SSSR count). The van der Waals surface area contributed by atoms with Gasteiger partial charge in [-0.3, -0.25) is 4.79 Å². The Balaban J connectivity index is 2.87. The summed E-state index contributed by atoms with van der Waals surface area (Å²) in [7, 11) is 1.10. The molecule has 1 aliphatic rings. The van der Waals surface area contributed by atoms with E-state index in [1.807, 2.05) is 6.92 Å². The van der Waals surface area contributed by atoms with E-state index >= 15 is 0 Å². The van der Waals surface area contributed by atoms with Crippen LogP contribution in [-0.2, 0) is 14.3 Å². The highest BCUT2D eigenvalue weighted by Crippen LogP contribution is 2.34. The summed E-state index contributed by atoms with van der Waals surface area (Å²) >= 11 is 0. The number of alkyl halides is 1. The fourth-order valence-electron chi connectivity index (χ4n) is 1.92. The van der Waals surface area contributed by atoms with Crippen molar-refractivity contribution in [2.75, 3.05) is 7.11 Å². The molecule has 0 N–H and O–H groups in total. The van der Waals surface area contributed by atoms with E-state index in [4.69, 9.17) is 0 Å². The van der Waals surface area contributed by atoms with Gasteiger partial charge in [0, 0.05) is 5.92 Å². The summed E-state index contributed by atoms with van der Waals surface area (Å²) < 4.78 is 18.3. The molecule has 0 saturated heterocycles. The van der Waals surface area contributed by atoms with Gasteiger partial charge in [-0.2, -0.15) is 0 Å². The molecule has 4 heteroatoms. The Morgan fingerprint density at radius 3 is 2.86 bits per heavy atom. The van der Waals surface area contributed by atoms with Crippen molar-refractivity contribution < 1.29 is 18.7 Å². The van der Waals surface area contributed by atoms with Gasteiger partial charge in [-0.1, -0.05) is 6.92 Å². The molecule has 0 aliphatic heterocycles. The molecule has 0 radical (unpaired) electrons. The number of methoxy groups -OCH3 is 1. The summed E-state index contributed by atoms with van der Waals surface area (Å²) in [5.41, 5.74) is -2.38. The monoisotopic (exact) mass is 202 g/mol. The molecule has 2 atom stereocenters. The number of halogens is 1. The lowest BCUT2D eigenvalue weighted by Crippen LogP contribution is -2.49. The largest absolute Gasteiger partial charge is 0.466 e. The van der Waals surface area contributed by atoms with Crippen molar-refractivity contribution >= 4 is 11.8 Å². The predicted octanol–water partition coefficient (Wildman–Crippen LogP) is 1.65. The van der Waals surface area contributed by atoms with Gasteiger partial charge in [0.1, 0.15) is 0 Å². The van der Waals surface area contributed by atoms with E-state index in [-0.39, 0.29) is 12.3 Å². The van der Waals surface area contributed by atoms with Crippen molar-refractivity contribution in [1.82, 2.24) is 0 Å². The number of carbonyl (C=O) groups is 2. The Hall–Kier alpha value is -0.930. The molecule has 0 amide bonds. The molecule has 0 aromatic carbocycles. The predicted molar refractivity (Wildman–Crippen MR) is 48.5 cm³/mol. The van der Waals surface area contributed by atoms with Gasteiger partial charge in [0.25, 0.3) is 5.67 Å². The van der Waals surface area contributed by atoms with Crippen molar-refractivity contribution in [2.24, 2.45) is 5.92 Å². The highest BCUT2D eigenvalue weighted by Gasteiger charge is 2.51. The second-order valence-electron chi connectivity index (χ2n) is 3.65. The number of esters is 1. The number of ketones is 1. The van der Waals surface area contributed by atoms with Gasteiger partial charge in [-0.05, 0) is 25.7 Å². The molecule has 0 heterocycles. The maximum absolute atomic E-state index is 14.0. The smallest absolute Gasteiger partial charge is 0.351 e. The average molecular weight is 202 g/mol. The minimum absolute atomic E-state index is 0.0327. The van der Waals surface area contributed by atoms with E-state index in [0.717, 1.165) is 7.11 Å². The lowest BCUT2D eigenvalue weighted by molar-refractivity contribution is -0.164. The summed E-state index contributed by atoms with van der Waals surface area (Å²) in [6.45, 7) is 1.82. The zero-order valence-corrected chi connectivity index (χ0v) is 8.51. The van der Waals surface area contributed by atoms with Gasteiger partial charge in [0.2, 0.25) is 0 Å². The molecular weight excluding hydrogens is 187 g/mol. The standard InChI is InChI=1S/C10H15FO3/c1-3-7-5-4-6-10(11,8(7)12)9(13)14-2/h7H,3-6H2,1-2H3. The SMILES string of the molecule is CCC1CCCC(F)(C(=O)OC)C1=O. The van der Waals surface area contributed by atoms with E-state index in [1.54, 1.807) is 0 Å². The van der Waals surface area contributed by atoms with Crippen LogP contribution in [0, 0.1) is 5.92 Å². The maximum Gasteiger partial charge on any atom is 0.351 e. The fraction of sp³-hybridized carbons (Fsp3) is 0.800. The molecule has 1 fully saturated rings. The highest BCUT2D eigenvalue weighted by atomic mass is 19.1. The summed E-state index contributed by atoms with van der Waals surface area (Å²) in [4.78, 5) is 22.7. The van der Waals surface area contributed by atoms with Crippen LogP contribution in [0.2, 0.25) is 0 Å². The lowest BCUT2D eigenvalue weighted by atomic mass is 9.77. The Bertz CT molecular complexity index is 252. The third-order valence-corrected chi connectivity index (χ3v) is 2.84. The number of hydrogen-bond acceptors (Lipinski definition) is 3. The molecule has 0 bridgehead atoms. The first-order chi connectivity index (χ1) is 6.56. The zero-order chi connectivity index (χ0) is 10.8. The third-order valence-electron chi connectivity index (χ3n) is 2.84. The van der Waals surface area contributed by atoms with Crippen molar-refractivity contribution in [3.05, 3.63) is 0 Å². The van der Waals surface area contributed by atoms with Gasteiger partial charge < -0.3 is 4.74 Å². The van der Waals surface area contributed by atoms with Crippen LogP contribution < -0.4 is 0 Å². The van der Waals surface area contributed by atoms with Gasteiger partial charge in [0.15, 0.2) is 5.78 Å². The number of carbonyl (C=O) groups excluding carboxylic acids is 2. The molecule has 14 heavy (non-hydrogen) atoms. The van der Waals surface area contributed by atoms with Crippen molar-refractivity contribution in [3.8, 4) is 0 Å². The van der Waals surface area contributed by atoms with Crippen molar-refractivity contribution in [3.63, 3.8) is 0 Å². The van der Waals surface area contributed by atoms with Crippen LogP contribution in [-0.4, -0.2) is 24.5 Å². The second kappa shape index (κ2) is 4.07. The summed E-state index contributed by atoms with van der Waals surface area (Å²) in [6, 6.07) is 0. The lowest BCUT2D eigenvalue weighted by Gasteiger charge is -2.30. The van der Waals surface area contributed by atoms with Gasteiger partial charge >= 0.3 is 5.97 Å². The number of Topliss-reactive ketones (excluding diaryl/α,β-unsaturated/α-hetero) is 1. The molecule has 80 valence electrons. The normalized spacial score (nSPS) is 32.8. The molecule has 1 aliphatic carbocycles. The molecular formula is C10H15FO3. The first-order valence-electron chi connectivity index (χ1n) is 4.88. The molecule has 1 saturated carbocycles. The Morgan fingerprint density at radius 2 is 2.36 bits per heavy atom. The quantitative estimate of drug-likeness (QED) is 0.505. The van der Waals surface area contributed by atoms with E-state index in [2.05, 4.69) is 4.74 Å². The Kier molecular flexibility index (Phi) is 3.24. The van der Waals surface area contributed by atoms with Crippen LogP contribution in [0.3, 0.4) is 0 Å². The number of ether oxygens (including phenoxy) is 1. The highest BCUT2D eigenvalue weighted by molar-refractivity contribution is 6.08. The van der Waals surface area contributed by atoms with Crippen molar-refractivity contribution in [1.29, 1.82) is 0 Å². The number of hydrogen-bond donors (Lipinski definition) is 0. The van der Waals surface area contributed by atoms with E-state index in [1.165, 1.54) is 0 Å². The van der Waals surface area contributed by atoms with Gasteiger partial charge in [-0.25, -0.2) is 9.18 Å². The van der Waals surface area contributed by atoms with Gasteiger partial charge in [0.05, 0.1) is 7.11 Å². The van der Waals surface area contributed by atoms with Crippen LogP contribution >= 0.6 is 0 Å². The minimum atomic E-state index is -2.38. The number of rotatable bonds is 2. The van der Waals surface area contributed by atoms with Crippen LogP contribution in [0.1, 0.15) is 32.6 Å². The van der Waals surface area contributed by atoms with Crippen LogP contribution in [0.25, 0.3) is 0 Å². The fourth-order valence-corrected chi connectivity index (χ4v) is 1.92. The van der Waals surface area contributed by atoms with E-state index in [0.29, 0.717) is 19.3 Å². The second-order valence-corrected chi connectivity index (χ2v) is 3.65. The Labute approximate surface area is 82.6 Å². The van der Waals surface area contributed by atoms with Crippen molar-refractivity contribution in [2.45, 2.75) is 38.3 Å². The average Bonchev–Trinajstić information content (AvgIpc) is 2.21. The summed E-state index contributed by atoms with van der Waals surface area (Å²) in [5.74, 6) is -1.97. The topological polar surface area (TPSA) is 43.4 Å². The van der Waals surface area contributed by atoms with Gasteiger partial charge in [-0.15, -0.1) is 0 Å². The summed E-state index contributed by atoms with van der Waals surface area (Å²) in [6.07, 6.45) is 1.80. The van der Waals surface area contributed by atoms with Crippen LogP contribution in [0.4, 0.5) is 4.39 Å². The first-order valence-corrected chi connectivity index (χ1v) is 4.88. The maximum atomic E-state index is 14.0. The molecule has 0 aromatic heterocycles. The Morgan fingerprint density at radius 1 is 1.71 bits per heavy atom. The molecule has 3 nitrogen and oxygen atoms in total. The van der Waals surface area contributed by atoms with E-state index < -0.39 is 17.4 Å². The molecule has 0 aromatic rings. The zero-order valence-electron chi connectivity index (χ0n) is 8.51. The minimum Gasteiger partial charge on any atom is -0.466 e. The first kappa shape index (κ1) is 11.1. The molecule has 0 spiro atoms. The molecule has 2 unspecified atom stereocenters. The summed E-state index contributed by atoms with van der Waals surface area (Å²) in [5, 5.41) is 0. The van der Waals surface area contributed by atoms with Crippen LogP contribution in [0.5, 0.6) is 0 Å². The van der Waals surface area contributed by atoms with Crippen LogP contribution in [0.15, 0.2) is 0 Å². The van der Waals surface area contributed by atoms with E-state index in [9.17, 15) is 14.0 Å².